The molecule has 0 aromatic heterocycles. The van der Waals surface area contributed by atoms with E-state index in [0.717, 1.165) is 44.2 Å². The third kappa shape index (κ3) is 19.1. The van der Waals surface area contributed by atoms with Crippen molar-refractivity contribution in [2.75, 3.05) is 19.3 Å². The fraction of sp³-hybridized carbons (Fsp3) is 1.00. The van der Waals surface area contributed by atoms with Gasteiger partial charge in [-0.3, -0.25) is 0 Å². The normalized spacial score (nSPS) is 16.1. The zero-order valence-electron chi connectivity index (χ0n) is 23.2. The molecular weight excluding hydrogens is 487 g/mol. The van der Waals surface area contributed by atoms with Crippen LogP contribution in [0.3, 0.4) is 0 Å². The molecule has 0 aromatic rings. The summed E-state index contributed by atoms with van der Waals surface area (Å²) >= 11 is 0. The molecule has 0 aliphatic carbocycles. The van der Waals surface area contributed by atoms with Gasteiger partial charge in [0.25, 0.3) is 0 Å². The van der Waals surface area contributed by atoms with Crippen molar-refractivity contribution in [1.82, 2.24) is 5.32 Å². The van der Waals surface area contributed by atoms with E-state index >= 15 is 0 Å². The minimum absolute atomic E-state index is 0.725. The first-order valence-electron chi connectivity index (χ1n) is 12.2. The van der Waals surface area contributed by atoms with Crippen molar-refractivity contribution < 1.29 is 16.8 Å². The van der Waals surface area contributed by atoms with Gasteiger partial charge in [0.1, 0.15) is 0 Å². The fourth-order valence-corrected chi connectivity index (χ4v) is 25.8. The van der Waals surface area contributed by atoms with E-state index in [4.69, 9.17) is 16.8 Å². The average Bonchev–Trinajstić information content (AvgIpc) is 2.46. The first-order chi connectivity index (χ1) is 13.7. The van der Waals surface area contributed by atoms with Gasteiger partial charge in [-0.15, -0.1) is 0 Å². The van der Waals surface area contributed by atoms with Crippen LogP contribution in [0.4, 0.5) is 0 Å². The van der Waals surface area contributed by atoms with Crippen molar-refractivity contribution in [3.8, 4) is 0 Å². The van der Waals surface area contributed by atoms with Crippen LogP contribution in [0.5, 0.6) is 0 Å². The van der Waals surface area contributed by atoms with Crippen LogP contribution < -0.4 is 5.32 Å². The summed E-state index contributed by atoms with van der Waals surface area (Å²) < 4.78 is 26.2. The summed E-state index contributed by atoms with van der Waals surface area (Å²) in [6, 6.07) is 2.15. The largest absolute Gasteiger partial charge is 0.437 e. The van der Waals surface area contributed by atoms with Gasteiger partial charge in [0.05, 0.1) is 8.80 Å². The highest BCUT2D eigenvalue weighted by atomic mass is 28.5. The van der Waals surface area contributed by atoms with E-state index in [1.54, 1.807) is 0 Å². The highest BCUT2D eigenvalue weighted by Gasteiger charge is 2.40. The first-order valence-corrected chi connectivity index (χ1v) is 30.6. The Morgan fingerprint density at radius 1 is 0.581 bits per heavy atom. The van der Waals surface area contributed by atoms with Crippen LogP contribution in [0.2, 0.25) is 97.2 Å². The van der Waals surface area contributed by atoms with Crippen LogP contribution >= 0.6 is 0 Å². The van der Waals surface area contributed by atoms with Gasteiger partial charge in [-0.1, -0.05) is 13.1 Å². The molecule has 0 saturated heterocycles. The molecule has 31 heavy (non-hydrogen) atoms. The van der Waals surface area contributed by atoms with E-state index < -0.39 is 50.9 Å². The van der Waals surface area contributed by atoms with Crippen molar-refractivity contribution in [3.05, 3.63) is 0 Å². The van der Waals surface area contributed by atoms with Gasteiger partial charge in [0.2, 0.25) is 0 Å². The zero-order chi connectivity index (χ0) is 24.6. The van der Waals surface area contributed by atoms with Gasteiger partial charge in [0.15, 0.2) is 25.0 Å². The Morgan fingerprint density at radius 3 is 1.29 bits per heavy atom. The molecule has 0 saturated carbocycles. The summed E-state index contributed by atoms with van der Waals surface area (Å²) in [5.41, 5.74) is 0. The van der Waals surface area contributed by atoms with Crippen molar-refractivity contribution >= 4 is 50.9 Å². The second kappa shape index (κ2) is 13.3. The van der Waals surface area contributed by atoms with Crippen LogP contribution in [-0.4, -0.2) is 70.2 Å². The Kier molecular flexibility index (Phi) is 13.7. The molecule has 0 heterocycles. The molecule has 1 N–H and O–H groups in total. The highest BCUT2D eigenvalue weighted by Crippen LogP contribution is 2.25. The smallest absolute Gasteiger partial charge is 0.324 e. The molecule has 0 amide bonds. The number of hydrogen-bond acceptors (Lipinski definition) is 5. The predicted molar refractivity (Wildman–Crippen MR) is 153 cm³/mol. The molecular formula is C20H55NO4Si6. The molecule has 0 aromatic carbocycles. The molecule has 0 rings (SSSR count). The molecule has 1 atom stereocenters. The molecule has 0 aliphatic heterocycles. The summed E-state index contributed by atoms with van der Waals surface area (Å²) in [6.07, 6.45) is 3.18. The Morgan fingerprint density at radius 2 is 0.935 bits per heavy atom. The minimum Gasteiger partial charge on any atom is -0.437 e. The molecule has 5 nitrogen and oxygen atoms in total. The topological polar surface area (TPSA) is 49.0 Å². The fourth-order valence-electron chi connectivity index (χ4n) is 3.76. The molecule has 0 bridgehead atoms. The van der Waals surface area contributed by atoms with Crippen LogP contribution in [-0.2, 0) is 16.8 Å². The predicted octanol–water partition coefficient (Wildman–Crippen LogP) is 6.10. The Bertz CT molecular complexity index is 489. The van der Waals surface area contributed by atoms with Crippen LogP contribution in [0.25, 0.3) is 0 Å². The van der Waals surface area contributed by atoms with Gasteiger partial charge in [-0.2, -0.15) is 0 Å². The van der Waals surface area contributed by atoms with Gasteiger partial charge in [0, 0.05) is 6.23 Å². The Hall–Kier alpha value is 1.10. The molecule has 1 unspecified atom stereocenters. The average molecular weight is 542 g/mol. The van der Waals surface area contributed by atoms with Crippen molar-refractivity contribution in [2.24, 2.45) is 0 Å². The molecule has 0 fully saturated rings. The lowest BCUT2D eigenvalue weighted by atomic mass is 10.4. The zero-order valence-corrected chi connectivity index (χ0v) is 29.3. The van der Waals surface area contributed by atoms with Gasteiger partial charge in [-0.05, 0) is 110 Å². The summed E-state index contributed by atoms with van der Waals surface area (Å²) in [4.78, 5) is 0. The van der Waals surface area contributed by atoms with Crippen LogP contribution in [0.1, 0.15) is 12.8 Å². The van der Waals surface area contributed by atoms with E-state index in [-0.39, 0.29) is 0 Å². The van der Waals surface area contributed by atoms with Crippen molar-refractivity contribution in [2.45, 2.75) is 110 Å². The summed E-state index contributed by atoms with van der Waals surface area (Å²) in [5.74, 6) is 0. The van der Waals surface area contributed by atoms with Crippen molar-refractivity contribution in [1.29, 1.82) is 0 Å². The molecule has 11 heteroatoms. The standard InChI is InChI=1S/C20H55NO4Si6/c1-26(2)20-22-30(12,23-27(3,4)5)18-14-16-21-17-15-19-31(13,24-28(6,7)8)25-29(9,10)11/h21,26H,14-20H2,1-13H3. The molecule has 0 aliphatic rings. The molecule has 188 valence electrons. The quantitative estimate of drug-likeness (QED) is 0.178. The maximum Gasteiger partial charge on any atom is 0.324 e. The number of rotatable bonds is 17. The highest BCUT2D eigenvalue weighted by molar-refractivity contribution is 6.87. The van der Waals surface area contributed by atoms with Crippen molar-refractivity contribution in [3.63, 3.8) is 0 Å². The number of hydrogen-bond donors (Lipinski definition) is 1. The van der Waals surface area contributed by atoms with Gasteiger partial charge < -0.3 is 22.1 Å². The van der Waals surface area contributed by atoms with E-state index in [9.17, 15) is 0 Å². The third-order valence-electron chi connectivity index (χ3n) is 4.26. The molecule has 0 spiro atoms. The monoisotopic (exact) mass is 541 g/mol. The van der Waals surface area contributed by atoms with E-state index in [2.05, 4.69) is 90.4 Å². The van der Waals surface area contributed by atoms with E-state index in [1.807, 2.05) is 0 Å². The third-order valence-corrected chi connectivity index (χ3v) is 21.3. The van der Waals surface area contributed by atoms with E-state index in [0.29, 0.717) is 0 Å². The summed E-state index contributed by atoms with van der Waals surface area (Å²) in [5, 5.41) is 3.65. The number of nitrogens with one attached hydrogen (secondary N) is 1. The second-order valence-corrected chi connectivity index (χ2v) is 36.6. The first kappa shape index (κ1) is 32.1. The Labute approximate surface area is 201 Å². The lowest BCUT2D eigenvalue weighted by Crippen LogP contribution is -2.52. The van der Waals surface area contributed by atoms with Gasteiger partial charge >= 0.3 is 17.1 Å². The van der Waals surface area contributed by atoms with Crippen LogP contribution in [0.15, 0.2) is 0 Å². The van der Waals surface area contributed by atoms with Gasteiger partial charge in [-0.25, -0.2) is 0 Å². The summed E-state index contributed by atoms with van der Waals surface area (Å²) in [6.45, 7) is 31.8. The summed E-state index contributed by atoms with van der Waals surface area (Å²) in [7, 11) is -9.71. The minimum atomic E-state index is -2.11. The van der Waals surface area contributed by atoms with E-state index in [1.165, 1.54) is 0 Å². The lowest BCUT2D eigenvalue weighted by molar-refractivity contribution is 0.280. The second-order valence-electron chi connectivity index (χ2n) is 12.6. The molecule has 0 radical (unpaired) electrons. The van der Waals surface area contributed by atoms with Crippen LogP contribution in [0, 0.1) is 0 Å². The maximum absolute atomic E-state index is 6.61. The Balaban J connectivity index is 4.50. The maximum atomic E-state index is 6.61. The lowest BCUT2D eigenvalue weighted by Gasteiger charge is -2.38. The SMILES string of the molecule is C[SiH](C)CO[Si](C)(CCCNCCC[Si](C)(O[Si](C)(C)C)O[Si](C)(C)C)O[Si](C)(C)C.